The third-order valence-electron chi connectivity index (χ3n) is 3.90. The standard InChI is InChI=1S/C19H21N3O/c1-3-19(23)20-15-8-5-14(6-9-15)7-11-18-21-16-10-4-13(2)12-17(16)22-18/h4-6,8-10,12H,3,7,11H2,1-2H3,(H,20,23)(H,21,22). The number of H-pyrrole nitrogens is 1. The Morgan fingerprint density at radius 1 is 1.13 bits per heavy atom. The highest BCUT2D eigenvalue weighted by Crippen LogP contribution is 2.15. The minimum Gasteiger partial charge on any atom is -0.342 e. The molecule has 0 spiro atoms. The molecule has 4 heteroatoms. The van der Waals surface area contributed by atoms with Crippen LogP contribution in [0, 0.1) is 6.92 Å². The molecule has 0 aliphatic heterocycles. The highest BCUT2D eigenvalue weighted by molar-refractivity contribution is 5.90. The number of imidazole rings is 1. The van der Waals surface area contributed by atoms with Crippen molar-refractivity contribution in [2.45, 2.75) is 33.1 Å². The van der Waals surface area contributed by atoms with Crippen molar-refractivity contribution in [2.24, 2.45) is 0 Å². The van der Waals surface area contributed by atoms with Gasteiger partial charge in [-0.25, -0.2) is 4.98 Å². The van der Waals surface area contributed by atoms with E-state index < -0.39 is 0 Å². The Hall–Kier alpha value is -2.62. The van der Waals surface area contributed by atoms with E-state index in [1.807, 2.05) is 19.1 Å². The summed E-state index contributed by atoms with van der Waals surface area (Å²) < 4.78 is 0. The summed E-state index contributed by atoms with van der Waals surface area (Å²) in [6, 6.07) is 14.3. The number of aromatic amines is 1. The number of aromatic nitrogens is 2. The fourth-order valence-electron chi connectivity index (χ4n) is 2.56. The lowest BCUT2D eigenvalue weighted by Gasteiger charge is -2.05. The molecule has 0 aliphatic carbocycles. The molecule has 0 radical (unpaired) electrons. The Morgan fingerprint density at radius 2 is 1.91 bits per heavy atom. The van der Waals surface area contributed by atoms with Crippen LogP contribution in [0.25, 0.3) is 11.0 Å². The number of hydrogen-bond acceptors (Lipinski definition) is 2. The minimum absolute atomic E-state index is 0.0373. The van der Waals surface area contributed by atoms with E-state index in [-0.39, 0.29) is 5.91 Å². The number of anilines is 1. The van der Waals surface area contributed by atoms with E-state index in [9.17, 15) is 4.79 Å². The molecule has 0 bridgehead atoms. The second-order valence-corrected chi connectivity index (χ2v) is 5.80. The van der Waals surface area contributed by atoms with Crippen LogP contribution < -0.4 is 5.32 Å². The zero-order valence-electron chi connectivity index (χ0n) is 13.5. The Kier molecular flexibility index (Phi) is 4.42. The van der Waals surface area contributed by atoms with Gasteiger partial charge in [-0.1, -0.05) is 25.1 Å². The van der Waals surface area contributed by atoms with Gasteiger partial charge in [-0.05, 0) is 48.7 Å². The van der Waals surface area contributed by atoms with E-state index in [2.05, 4.69) is 52.5 Å². The van der Waals surface area contributed by atoms with Gasteiger partial charge in [-0.3, -0.25) is 4.79 Å². The summed E-state index contributed by atoms with van der Waals surface area (Å²) >= 11 is 0. The number of nitrogens with one attached hydrogen (secondary N) is 2. The van der Waals surface area contributed by atoms with Gasteiger partial charge in [0.15, 0.2) is 0 Å². The molecule has 1 heterocycles. The van der Waals surface area contributed by atoms with Crippen molar-refractivity contribution in [3.8, 4) is 0 Å². The van der Waals surface area contributed by atoms with E-state index >= 15 is 0 Å². The molecule has 118 valence electrons. The van der Waals surface area contributed by atoms with Crippen LogP contribution in [-0.2, 0) is 17.6 Å². The van der Waals surface area contributed by atoms with Crippen LogP contribution in [0.1, 0.15) is 30.3 Å². The first-order valence-corrected chi connectivity index (χ1v) is 7.98. The van der Waals surface area contributed by atoms with E-state index in [1.54, 1.807) is 0 Å². The molecule has 2 aromatic carbocycles. The second-order valence-electron chi connectivity index (χ2n) is 5.80. The quantitative estimate of drug-likeness (QED) is 0.748. The van der Waals surface area contributed by atoms with Gasteiger partial charge in [-0.15, -0.1) is 0 Å². The maximum atomic E-state index is 11.4. The largest absolute Gasteiger partial charge is 0.342 e. The van der Waals surface area contributed by atoms with Gasteiger partial charge in [0.05, 0.1) is 11.0 Å². The van der Waals surface area contributed by atoms with Crippen molar-refractivity contribution < 1.29 is 4.79 Å². The molecule has 0 saturated heterocycles. The van der Waals surface area contributed by atoms with Crippen LogP contribution in [0.4, 0.5) is 5.69 Å². The van der Waals surface area contributed by atoms with E-state index in [0.29, 0.717) is 6.42 Å². The van der Waals surface area contributed by atoms with Gasteiger partial charge < -0.3 is 10.3 Å². The first-order chi connectivity index (χ1) is 11.1. The summed E-state index contributed by atoms with van der Waals surface area (Å²) in [4.78, 5) is 19.4. The van der Waals surface area contributed by atoms with Crippen LogP contribution in [0.15, 0.2) is 42.5 Å². The smallest absolute Gasteiger partial charge is 0.224 e. The zero-order valence-corrected chi connectivity index (χ0v) is 13.5. The lowest BCUT2D eigenvalue weighted by Crippen LogP contribution is -2.09. The molecule has 3 rings (SSSR count). The number of fused-ring (bicyclic) bond motifs is 1. The lowest BCUT2D eigenvalue weighted by atomic mass is 10.1. The highest BCUT2D eigenvalue weighted by Gasteiger charge is 2.04. The van der Waals surface area contributed by atoms with Gasteiger partial charge >= 0.3 is 0 Å². The number of aryl methyl sites for hydroxylation is 3. The van der Waals surface area contributed by atoms with Crippen molar-refractivity contribution in [1.82, 2.24) is 9.97 Å². The number of amides is 1. The maximum absolute atomic E-state index is 11.4. The third kappa shape index (κ3) is 3.77. The third-order valence-corrected chi connectivity index (χ3v) is 3.90. The van der Waals surface area contributed by atoms with Crippen molar-refractivity contribution in [2.75, 3.05) is 5.32 Å². The SMILES string of the molecule is CCC(=O)Nc1ccc(CCc2nc3ccc(C)cc3[nH]2)cc1. The molecule has 0 saturated carbocycles. The first-order valence-electron chi connectivity index (χ1n) is 7.98. The predicted octanol–water partition coefficient (Wildman–Crippen LogP) is 4.01. The number of carbonyl (C=O) groups is 1. The van der Waals surface area contributed by atoms with Crippen molar-refractivity contribution in [3.63, 3.8) is 0 Å². The van der Waals surface area contributed by atoms with Crippen LogP contribution in [-0.4, -0.2) is 15.9 Å². The summed E-state index contributed by atoms with van der Waals surface area (Å²) in [5.41, 5.74) is 5.43. The fraction of sp³-hybridized carbons (Fsp3) is 0.263. The predicted molar refractivity (Wildman–Crippen MR) is 93.6 cm³/mol. The number of rotatable bonds is 5. The van der Waals surface area contributed by atoms with Crippen molar-refractivity contribution >= 4 is 22.6 Å². The summed E-state index contributed by atoms with van der Waals surface area (Å²) in [5, 5.41) is 2.86. The summed E-state index contributed by atoms with van der Waals surface area (Å²) in [6.45, 7) is 3.93. The van der Waals surface area contributed by atoms with Crippen LogP contribution in [0.3, 0.4) is 0 Å². The zero-order chi connectivity index (χ0) is 16.2. The molecule has 23 heavy (non-hydrogen) atoms. The summed E-state index contributed by atoms with van der Waals surface area (Å²) in [7, 11) is 0. The molecule has 2 N–H and O–H groups in total. The molecule has 0 atom stereocenters. The molecule has 1 aromatic heterocycles. The Bertz CT molecular complexity index is 818. The molecule has 1 amide bonds. The molecule has 0 aliphatic rings. The molecular formula is C19H21N3O. The number of benzene rings is 2. The number of nitrogens with zero attached hydrogens (tertiary/aromatic N) is 1. The number of hydrogen-bond donors (Lipinski definition) is 2. The normalized spacial score (nSPS) is 10.9. The minimum atomic E-state index is 0.0373. The second kappa shape index (κ2) is 6.65. The highest BCUT2D eigenvalue weighted by atomic mass is 16.1. The Balaban J connectivity index is 1.63. The van der Waals surface area contributed by atoms with Crippen LogP contribution >= 0.6 is 0 Å². The fourth-order valence-corrected chi connectivity index (χ4v) is 2.56. The van der Waals surface area contributed by atoms with Gasteiger partial charge in [-0.2, -0.15) is 0 Å². The Morgan fingerprint density at radius 3 is 2.65 bits per heavy atom. The first kappa shape index (κ1) is 15.3. The van der Waals surface area contributed by atoms with Gasteiger partial charge in [0, 0.05) is 18.5 Å². The van der Waals surface area contributed by atoms with E-state index in [1.165, 1.54) is 11.1 Å². The van der Waals surface area contributed by atoms with Crippen LogP contribution in [0.5, 0.6) is 0 Å². The van der Waals surface area contributed by atoms with Gasteiger partial charge in [0.1, 0.15) is 5.82 Å². The average Bonchev–Trinajstić information content (AvgIpc) is 2.96. The summed E-state index contributed by atoms with van der Waals surface area (Å²) in [5.74, 6) is 1.05. The monoisotopic (exact) mass is 307 g/mol. The maximum Gasteiger partial charge on any atom is 0.224 e. The molecule has 0 unspecified atom stereocenters. The topological polar surface area (TPSA) is 57.8 Å². The Labute approximate surface area is 136 Å². The van der Waals surface area contributed by atoms with Crippen molar-refractivity contribution in [1.29, 1.82) is 0 Å². The lowest BCUT2D eigenvalue weighted by molar-refractivity contribution is -0.115. The number of carbonyl (C=O) groups excluding carboxylic acids is 1. The molecular weight excluding hydrogens is 286 g/mol. The van der Waals surface area contributed by atoms with E-state index in [4.69, 9.17) is 0 Å². The van der Waals surface area contributed by atoms with Crippen LogP contribution in [0.2, 0.25) is 0 Å². The van der Waals surface area contributed by atoms with Crippen molar-refractivity contribution in [3.05, 3.63) is 59.4 Å². The molecule has 3 aromatic rings. The summed E-state index contributed by atoms with van der Waals surface area (Å²) in [6.07, 6.45) is 2.28. The van der Waals surface area contributed by atoms with E-state index in [0.717, 1.165) is 35.4 Å². The molecule has 4 nitrogen and oxygen atoms in total. The van der Waals surface area contributed by atoms with Gasteiger partial charge in [0.2, 0.25) is 5.91 Å². The van der Waals surface area contributed by atoms with Gasteiger partial charge in [0.25, 0.3) is 0 Å². The average molecular weight is 307 g/mol. The molecule has 0 fully saturated rings.